The summed E-state index contributed by atoms with van der Waals surface area (Å²) in [5.41, 5.74) is 2.05. The standard InChI is InChI=1S/C20H25N3O5S/c1-23(2)16-5-3-15(4-6-16)14-21-20(24)9-10-22-29(25,26)17-7-8-18-19(13-17)28-12-11-27-18/h3-8,13,22H,9-12,14H2,1-2H3,(H,21,24). The lowest BCUT2D eigenvalue weighted by Gasteiger charge is -2.18. The Hall–Kier alpha value is -2.78. The lowest BCUT2D eigenvalue weighted by molar-refractivity contribution is -0.121. The molecule has 1 aliphatic rings. The third-order valence-corrected chi connectivity index (χ3v) is 5.87. The van der Waals surface area contributed by atoms with Crippen LogP contribution < -0.4 is 24.4 Å². The zero-order valence-corrected chi connectivity index (χ0v) is 17.3. The fraction of sp³-hybridized carbons (Fsp3) is 0.350. The molecule has 2 aromatic rings. The number of hydrogen-bond donors (Lipinski definition) is 2. The van der Waals surface area contributed by atoms with Crippen molar-refractivity contribution in [2.75, 3.05) is 38.8 Å². The minimum atomic E-state index is -3.74. The maximum atomic E-state index is 12.4. The van der Waals surface area contributed by atoms with E-state index in [1.54, 1.807) is 6.07 Å². The van der Waals surface area contributed by atoms with Crippen molar-refractivity contribution in [1.29, 1.82) is 0 Å². The second kappa shape index (κ2) is 9.15. The average Bonchev–Trinajstić information content (AvgIpc) is 2.72. The monoisotopic (exact) mass is 419 g/mol. The van der Waals surface area contributed by atoms with Crippen LogP contribution in [-0.2, 0) is 21.4 Å². The maximum Gasteiger partial charge on any atom is 0.240 e. The van der Waals surface area contributed by atoms with E-state index in [1.165, 1.54) is 12.1 Å². The minimum Gasteiger partial charge on any atom is -0.486 e. The molecule has 1 aliphatic heterocycles. The van der Waals surface area contributed by atoms with Gasteiger partial charge in [0, 0.05) is 45.4 Å². The van der Waals surface area contributed by atoms with Gasteiger partial charge < -0.3 is 19.7 Å². The Bertz CT molecular complexity index is 959. The Kier molecular flexibility index (Phi) is 6.60. The molecule has 3 rings (SSSR count). The smallest absolute Gasteiger partial charge is 0.240 e. The summed E-state index contributed by atoms with van der Waals surface area (Å²) in [7, 11) is 0.183. The van der Waals surface area contributed by atoms with E-state index in [0.29, 0.717) is 31.3 Å². The molecule has 0 aromatic heterocycles. The van der Waals surface area contributed by atoms with Gasteiger partial charge in [0.1, 0.15) is 13.2 Å². The summed E-state index contributed by atoms with van der Waals surface area (Å²) in [4.78, 5) is 14.1. The van der Waals surface area contributed by atoms with Crippen molar-refractivity contribution in [2.24, 2.45) is 0 Å². The molecule has 9 heteroatoms. The van der Waals surface area contributed by atoms with Gasteiger partial charge in [0.2, 0.25) is 15.9 Å². The zero-order chi connectivity index (χ0) is 20.9. The first-order valence-corrected chi connectivity index (χ1v) is 10.8. The highest BCUT2D eigenvalue weighted by Crippen LogP contribution is 2.32. The van der Waals surface area contributed by atoms with Crippen LogP contribution in [0.1, 0.15) is 12.0 Å². The van der Waals surface area contributed by atoms with Gasteiger partial charge in [-0.05, 0) is 29.8 Å². The molecule has 0 saturated carbocycles. The molecule has 1 heterocycles. The Morgan fingerprint density at radius 2 is 1.72 bits per heavy atom. The molecule has 0 bridgehead atoms. The van der Waals surface area contributed by atoms with Gasteiger partial charge in [-0.25, -0.2) is 13.1 Å². The molecule has 0 unspecified atom stereocenters. The second-order valence-corrected chi connectivity index (χ2v) is 8.56. The number of nitrogens with one attached hydrogen (secondary N) is 2. The van der Waals surface area contributed by atoms with Crippen molar-refractivity contribution < 1.29 is 22.7 Å². The number of rotatable bonds is 8. The quantitative estimate of drug-likeness (QED) is 0.673. The Labute approximate surface area is 170 Å². The highest BCUT2D eigenvalue weighted by Gasteiger charge is 2.19. The summed E-state index contributed by atoms with van der Waals surface area (Å²) < 4.78 is 38.1. The van der Waals surface area contributed by atoms with Gasteiger partial charge in [-0.3, -0.25) is 4.79 Å². The van der Waals surface area contributed by atoms with E-state index in [1.807, 2.05) is 43.3 Å². The largest absolute Gasteiger partial charge is 0.486 e. The third-order valence-electron chi connectivity index (χ3n) is 4.41. The molecule has 2 aromatic carbocycles. The van der Waals surface area contributed by atoms with Crippen LogP contribution in [0.25, 0.3) is 0 Å². The minimum absolute atomic E-state index is 0.00216. The third kappa shape index (κ3) is 5.61. The highest BCUT2D eigenvalue weighted by molar-refractivity contribution is 7.89. The molecule has 0 atom stereocenters. The Morgan fingerprint density at radius 3 is 2.41 bits per heavy atom. The number of amides is 1. The molecule has 0 spiro atoms. The van der Waals surface area contributed by atoms with Gasteiger partial charge in [0.15, 0.2) is 11.5 Å². The SMILES string of the molecule is CN(C)c1ccc(CNC(=O)CCNS(=O)(=O)c2ccc3c(c2)OCCO3)cc1. The zero-order valence-electron chi connectivity index (χ0n) is 16.5. The van der Waals surface area contributed by atoms with E-state index in [0.717, 1.165) is 11.3 Å². The molecule has 0 aliphatic carbocycles. The predicted molar refractivity (Wildman–Crippen MR) is 110 cm³/mol. The molecule has 2 N–H and O–H groups in total. The molecule has 1 amide bonds. The van der Waals surface area contributed by atoms with Crippen LogP contribution >= 0.6 is 0 Å². The topological polar surface area (TPSA) is 97.0 Å². The number of anilines is 1. The van der Waals surface area contributed by atoms with Crippen LogP contribution in [0.5, 0.6) is 11.5 Å². The molecule has 156 valence electrons. The fourth-order valence-electron chi connectivity index (χ4n) is 2.77. The van der Waals surface area contributed by atoms with E-state index in [4.69, 9.17) is 9.47 Å². The number of ether oxygens (including phenoxy) is 2. The summed E-state index contributed by atoms with van der Waals surface area (Å²) in [6.07, 6.45) is 0.0412. The van der Waals surface area contributed by atoms with Crippen molar-refractivity contribution >= 4 is 21.6 Å². The van der Waals surface area contributed by atoms with Gasteiger partial charge in [-0.1, -0.05) is 12.1 Å². The van der Waals surface area contributed by atoms with Gasteiger partial charge in [-0.2, -0.15) is 0 Å². The van der Waals surface area contributed by atoms with Crippen molar-refractivity contribution in [3.63, 3.8) is 0 Å². The van der Waals surface area contributed by atoms with Crippen LogP contribution in [0.4, 0.5) is 5.69 Å². The Balaban J connectivity index is 1.46. The maximum absolute atomic E-state index is 12.4. The van der Waals surface area contributed by atoms with E-state index in [9.17, 15) is 13.2 Å². The van der Waals surface area contributed by atoms with Gasteiger partial charge >= 0.3 is 0 Å². The van der Waals surface area contributed by atoms with Crippen LogP contribution in [0.15, 0.2) is 47.4 Å². The first-order chi connectivity index (χ1) is 13.8. The average molecular weight is 420 g/mol. The molecule has 29 heavy (non-hydrogen) atoms. The van der Waals surface area contributed by atoms with Crippen LogP contribution in [0.2, 0.25) is 0 Å². The summed E-state index contributed by atoms with van der Waals surface area (Å²) in [5, 5.41) is 2.79. The predicted octanol–water partition coefficient (Wildman–Crippen LogP) is 1.51. The lowest BCUT2D eigenvalue weighted by Crippen LogP contribution is -2.30. The molecule has 0 fully saturated rings. The highest BCUT2D eigenvalue weighted by atomic mass is 32.2. The number of sulfonamides is 1. The normalized spacial score (nSPS) is 13.0. The van der Waals surface area contributed by atoms with E-state index in [2.05, 4.69) is 10.0 Å². The van der Waals surface area contributed by atoms with Crippen molar-refractivity contribution in [1.82, 2.24) is 10.0 Å². The van der Waals surface area contributed by atoms with Crippen molar-refractivity contribution in [3.05, 3.63) is 48.0 Å². The van der Waals surface area contributed by atoms with Crippen LogP contribution in [0, 0.1) is 0 Å². The van der Waals surface area contributed by atoms with Crippen molar-refractivity contribution in [3.8, 4) is 11.5 Å². The number of carbonyl (C=O) groups excluding carboxylic acids is 1. The lowest BCUT2D eigenvalue weighted by atomic mass is 10.2. The molecular formula is C20H25N3O5S. The van der Waals surface area contributed by atoms with Gasteiger partial charge in [0.25, 0.3) is 0 Å². The summed E-state index contributed by atoms with van der Waals surface area (Å²) >= 11 is 0. The van der Waals surface area contributed by atoms with Crippen LogP contribution in [-0.4, -0.2) is 48.2 Å². The van der Waals surface area contributed by atoms with E-state index >= 15 is 0 Å². The summed E-state index contributed by atoms with van der Waals surface area (Å²) in [6, 6.07) is 12.3. The summed E-state index contributed by atoms with van der Waals surface area (Å²) in [5.74, 6) is 0.692. The molecular weight excluding hydrogens is 394 g/mol. The number of carbonyl (C=O) groups is 1. The van der Waals surface area contributed by atoms with Gasteiger partial charge in [-0.15, -0.1) is 0 Å². The number of nitrogens with zero attached hydrogens (tertiary/aromatic N) is 1. The van der Waals surface area contributed by atoms with Crippen LogP contribution in [0.3, 0.4) is 0 Å². The molecule has 0 saturated heterocycles. The van der Waals surface area contributed by atoms with Gasteiger partial charge in [0.05, 0.1) is 4.90 Å². The van der Waals surface area contributed by atoms with Crippen molar-refractivity contribution in [2.45, 2.75) is 17.9 Å². The number of fused-ring (bicyclic) bond motifs is 1. The van der Waals surface area contributed by atoms with E-state index in [-0.39, 0.29) is 23.8 Å². The fourth-order valence-corrected chi connectivity index (χ4v) is 3.82. The Morgan fingerprint density at radius 1 is 1.03 bits per heavy atom. The second-order valence-electron chi connectivity index (χ2n) is 6.79. The molecule has 8 nitrogen and oxygen atoms in total. The number of hydrogen-bond acceptors (Lipinski definition) is 6. The number of benzene rings is 2. The first kappa shape index (κ1) is 20.9. The van der Waals surface area contributed by atoms with E-state index < -0.39 is 10.0 Å². The molecule has 0 radical (unpaired) electrons. The first-order valence-electron chi connectivity index (χ1n) is 9.27. The summed E-state index contributed by atoms with van der Waals surface area (Å²) in [6.45, 7) is 1.21.